The van der Waals surface area contributed by atoms with Gasteiger partial charge in [-0.2, -0.15) is 5.10 Å². The highest BCUT2D eigenvalue weighted by Crippen LogP contribution is 2.51. The molecule has 3 atom stereocenters. The maximum Gasteiger partial charge on any atom is 0.256 e. The van der Waals surface area contributed by atoms with Gasteiger partial charge < -0.3 is 0 Å². The summed E-state index contributed by atoms with van der Waals surface area (Å²) in [5.41, 5.74) is 0.807. The molecule has 4 aliphatic rings. The van der Waals surface area contributed by atoms with Crippen molar-refractivity contribution in [3.63, 3.8) is 0 Å². The summed E-state index contributed by atoms with van der Waals surface area (Å²) in [5, 5.41) is 4.29. The first-order valence-electron chi connectivity index (χ1n) is 10.2. The number of nitrogens with zero attached hydrogens (tertiary/aromatic N) is 5. The SMILES string of the molecule is CCC1=N[C@@]2(CC[C@@H]3CN(Cc4cnn(C)c4)C[C@@H]32)C(=O)N1CC1CC1. The van der Waals surface area contributed by atoms with Gasteiger partial charge in [-0.3, -0.25) is 24.3 Å². The van der Waals surface area contributed by atoms with Gasteiger partial charge in [-0.05, 0) is 37.5 Å². The van der Waals surface area contributed by atoms with Crippen molar-refractivity contribution in [2.24, 2.45) is 29.8 Å². The first-order chi connectivity index (χ1) is 12.6. The first-order valence-corrected chi connectivity index (χ1v) is 10.2. The summed E-state index contributed by atoms with van der Waals surface area (Å²) >= 11 is 0. The Morgan fingerprint density at radius 2 is 2.12 bits per heavy atom. The van der Waals surface area contributed by atoms with Crippen LogP contribution in [0.5, 0.6) is 0 Å². The van der Waals surface area contributed by atoms with Crippen LogP contribution in [-0.2, 0) is 18.4 Å². The second kappa shape index (κ2) is 5.91. The van der Waals surface area contributed by atoms with E-state index in [2.05, 4.69) is 28.0 Å². The fourth-order valence-electron chi connectivity index (χ4n) is 5.44. The maximum atomic E-state index is 13.5. The highest BCUT2D eigenvalue weighted by molar-refractivity contribution is 6.08. The van der Waals surface area contributed by atoms with Gasteiger partial charge in [-0.1, -0.05) is 6.92 Å². The van der Waals surface area contributed by atoms with E-state index < -0.39 is 5.54 Å². The fraction of sp³-hybridized carbons (Fsp3) is 0.750. The zero-order chi connectivity index (χ0) is 17.9. The largest absolute Gasteiger partial charge is 0.298 e. The first kappa shape index (κ1) is 16.5. The molecule has 3 heterocycles. The van der Waals surface area contributed by atoms with Crippen molar-refractivity contribution in [3.8, 4) is 0 Å². The van der Waals surface area contributed by atoms with Crippen LogP contribution in [0, 0.1) is 17.8 Å². The number of amidine groups is 1. The molecule has 0 N–H and O–H groups in total. The minimum absolute atomic E-state index is 0.317. The van der Waals surface area contributed by atoms with Gasteiger partial charge in [0, 0.05) is 57.3 Å². The van der Waals surface area contributed by atoms with Crippen LogP contribution in [0.4, 0.5) is 0 Å². The Morgan fingerprint density at radius 3 is 2.81 bits per heavy atom. The molecule has 0 unspecified atom stereocenters. The smallest absolute Gasteiger partial charge is 0.256 e. The van der Waals surface area contributed by atoms with E-state index in [-0.39, 0.29) is 0 Å². The number of aryl methyl sites for hydroxylation is 1. The predicted octanol–water partition coefficient (Wildman–Crippen LogP) is 2.06. The lowest BCUT2D eigenvalue weighted by Gasteiger charge is -2.28. The number of aliphatic imine (C=N–C) groups is 1. The average Bonchev–Trinajstić information content (AvgIpc) is 2.93. The molecule has 6 heteroatoms. The van der Waals surface area contributed by atoms with E-state index in [4.69, 9.17) is 4.99 Å². The van der Waals surface area contributed by atoms with E-state index in [0.717, 1.165) is 51.3 Å². The number of aromatic nitrogens is 2. The number of hydrogen-bond donors (Lipinski definition) is 0. The van der Waals surface area contributed by atoms with Gasteiger partial charge >= 0.3 is 0 Å². The molecule has 1 amide bonds. The third kappa shape index (κ3) is 2.53. The van der Waals surface area contributed by atoms with E-state index in [1.54, 1.807) is 0 Å². The monoisotopic (exact) mass is 355 g/mol. The summed E-state index contributed by atoms with van der Waals surface area (Å²) in [7, 11) is 1.96. The number of carbonyl (C=O) groups is 1. The molecule has 2 saturated carbocycles. The normalized spacial score (nSPS) is 34.2. The Kier molecular flexibility index (Phi) is 3.75. The van der Waals surface area contributed by atoms with Crippen molar-refractivity contribution in [1.29, 1.82) is 0 Å². The Hall–Kier alpha value is -1.69. The molecule has 1 spiro atoms. The summed E-state index contributed by atoms with van der Waals surface area (Å²) in [4.78, 5) is 23.1. The molecule has 3 fully saturated rings. The number of likely N-dealkylation sites (tertiary alicyclic amines) is 1. The Bertz CT molecular complexity index is 751. The molecule has 1 saturated heterocycles. The Balaban J connectivity index is 1.35. The summed E-state index contributed by atoms with van der Waals surface area (Å²) in [6.45, 7) is 6.06. The molecule has 0 aromatic carbocycles. The van der Waals surface area contributed by atoms with Crippen molar-refractivity contribution >= 4 is 11.7 Å². The zero-order valence-corrected chi connectivity index (χ0v) is 15.9. The van der Waals surface area contributed by atoms with Crippen LogP contribution in [0.3, 0.4) is 0 Å². The molecule has 5 rings (SSSR count). The van der Waals surface area contributed by atoms with E-state index >= 15 is 0 Å². The number of fused-ring (bicyclic) bond motifs is 2. The minimum atomic E-state index is -0.450. The van der Waals surface area contributed by atoms with Crippen LogP contribution < -0.4 is 0 Å². The van der Waals surface area contributed by atoms with Crippen LogP contribution in [0.15, 0.2) is 17.4 Å². The lowest BCUT2D eigenvalue weighted by atomic mass is 9.85. The molecule has 1 aromatic heterocycles. The highest BCUT2D eigenvalue weighted by Gasteiger charge is 2.61. The van der Waals surface area contributed by atoms with Gasteiger partial charge in [-0.25, -0.2) is 0 Å². The van der Waals surface area contributed by atoms with Crippen LogP contribution in [-0.4, -0.2) is 56.5 Å². The van der Waals surface area contributed by atoms with Gasteiger partial charge in [-0.15, -0.1) is 0 Å². The summed E-state index contributed by atoms with van der Waals surface area (Å²) in [6, 6.07) is 0. The van der Waals surface area contributed by atoms with Gasteiger partial charge in [0.05, 0.1) is 6.20 Å². The standard InChI is InChI=1S/C20H29N5O/c1-3-18-22-20(19(26)25(18)11-14-4-5-14)7-6-16-12-24(13-17(16)20)10-15-8-21-23(2)9-15/h8-9,14,16-17H,3-7,10-13H2,1-2H3/t16-,17+,20-/m1/s1. The quantitative estimate of drug-likeness (QED) is 0.812. The Morgan fingerprint density at radius 1 is 1.27 bits per heavy atom. The third-order valence-electron chi connectivity index (χ3n) is 6.90. The van der Waals surface area contributed by atoms with Gasteiger partial charge in [0.2, 0.25) is 0 Å². The van der Waals surface area contributed by atoms with Crippen LogP contribution >= 0.6 is 0 Å². The second-order valence-electron chi connectivity index (χ2n) is 8.79. The second-order valence-corrected chi connectivity index (χ2v) is 8.79. The lowest BCUT2D eigenvalue weighted by Crippen LogP contribution is -2.47. The highest BCUT2D eigenvalue weighted by atomic mass is 16.2. The van der Waals surface area contributed by atoms with Crippen LogP contribution in [0.25, 0.3) is 0 Å². The summed E-state index contributed by atoms with van der Waals surface area (Å²) < 4.78 is 1.86. The van der Waals surface area contributed by atoms with E-state index in [9.17, 15) is 4.79 Å². The molecule has 2 aliphatic heterocycles. The van der Waals surface area contributed by atoms with Gasteiger partial charge in [0.15, 0.2) is 0 Å². The third-order valence-corrected chi connectivity index (χ3v) is 6.90. The van der Waals surface area contributed by atoms with E-state index in [1.807, 2.05) is 17.9 Å². The average molecular weight is 355 g/mol. The molecule has 0 bridgehead atoms. The molecule has 2 aliphatic carbocycles. The van der Waals surface area contributed by atoms with Crippen molar-refractivity contribution in [2.45, 2.75) is 51.1 Å². The van der Waals surface area contributed by atoms with Crippen molar-refractivity contribution in [3.05, 3.63) is 18.0 Å². The summed E-state index contributed by atoms with van der Waals surface area (Å²) in [6.07, 6.45) is 9.56. The Labute approximate surface area is 155 Å². The molecule has 140 valence electrons. The van der Waals surface area contributed by atoms with Crippen LogP contribution in [0.1, 0.15) is 44.6 Å². The molecule has 1 aromatic rings. The minimum Gasteiger partial charge on any atom is -0.298 e. The molecular formula is C20H29N5O. The van der Waals surface area contributed by atoms with E-state index in [0.29, 0.717) is 23.7 Å². The van der Waals surface area contributed by atoms with Gasteiger partial charge in [0.25, 0.3) is 5.91 Å². The molecular weight excluding hydrogens is 326 g/mol. The molecule has 6 nitrogen and oxygen atoms in total. The fourth-order valence-corrected chi connectivity index (χ4v) is 5.44. The van der Waals surface area contributed by atoms with Crippen molar-refractivity contribution in [1.82, 2.24) is 19.6 Å². The van der Waals surface area contributed by atoms with Gasteiger partial charge in [0.1, 0.15) is 11.4 Å². The van der Waals surface area contributed by atoms with Crippen molar-refractivity contribution in [2.75, 3.05) is 19.6 Å². The predicted molar refractivity (Wildman–Crippen MR) is 99.6 cm³/mol. The number of amides is 1. The molecule has 26 heavy (non-hydrogen) atoms. The summed E-state index contributed by atoms with van der Waals surface area (Å²) in [5.74, 6) is 3.08. The topological polar surface area (TPSA) is 53.7 Å². The number of carbonyl (C=O) groups excluding carboxylic acids is 1. The zero-order valence-electron chi connectivity index (χ0n) is 15.9. The number of rotatable bonds is 5. The lowest BCUT2D eigenvalue weighted by molar-refractivity contribution is -0.132. The van der Waals surface area contributed by atoms with E-state index in [1.165, 1.54) is 18.4 Å². The van der Waals surface area contributed by atoms with Crippen molar-refractivity contribution < 1.29 is 4.79 Å². The maximum absolute atomic E-state index is 13.5. The van der Waals surface area contributed by atoms with Crippen LogP contribution in [0.2, 0.25) is 0 Å². The number of hydrogen-bond acceptors (Lipinski definition) is 4. The molecule has 0 radical (unpaired) electrons.